The number of hydrogen-bond donors (Lipinski definition) is 0. The minimum Gasteiger partial charge on any atom is -0.378 e. The van der Waals surface area contributed by atoms with Crippen molar-refractivity contribution in [3.63, 3.8) is 0 Å². The molecule has 1 aliphatic heterocycles. The number of hydrogen-bond acceptors (Lipinski definition) is 1. The van der Waals surface area contributed by atoms with Crippen molar-refractivity contribution in [2.75, 3.05) is 12.5 Å². The van der Waals surface area contributed by atoms with E-state index in [2.05, 4.69) is 0 Å². The number of rotatable bonds is 2. The van der Waals surface area contributed by atoms with Crippen molar-refractivity contribution in [1.82, 2.24) is 0 Å². The van der Waals surface area contributed by atoms with Crippen molar-refractivity contribution in [3.8, 4) is 0 Å². The smallest absolute Gasteiger partial charge is 0.0587 e. The topological polar surface area (TPSA) is 9.23 Å². The van der Waals surface area contributed by atoms with Gasteiger partial charge in [-0.05, 0) is 19.3 Å². The Kier molecular flexibility index (Phi) is 2.64. The van der Waals surface area contributed by atoms with Gasteiger partial charge in [0.15, 0.2) is 0 Å². The average molecular weight is 135 g/mol. The van der Waals surface area contributed by atoms with Crippen LogP contribution in [0.2, 0.25) is 0 Å². The van der Waals surface area contributed by atoms with Crippen molar-refractivity contribution in [3.05, 3.63) is 0 Å². The first-order chi connectivity index (χ1) is 3.93. The molecule has 0 aromatic rings. The maximum Gasteiger partial charge on any atom is 0.0587 e. The molecule has 0 bridgehead atoms. The molecule has 2 heteroatoms. The molecule has 0 aliphatic carbocycles. The SMILES string of the molecule is ClCCC1CCCO1. The Labute approximate surface area is 55.0 Å². The summed E-state index contributed by atoms with van der Waals surface area (Å²) in [7, 11) is 0. The van der Waals surface area contributed by atoms with Gasteiger partial charge in [-0.3, -0.25) is 0 Å². The van der Waals surface area contributed by atoms with E-state index >= 15 is 0 Å². The molecule has 1 nitrogen and oxygen atoms in total. The van der Waals surface area contributed by atoms with Crippen molar-refractivity contribution in [2.45, 2.75) is 25.4 Å². The van der Waals surface area contributed by atoms with Crippen LogP contribution in [0.15, 0.2) is 0 Å². The third-order valence-corrected chi connectivity index (χ3v) is 1.67. The molecular weight excluding hydrogens is 124 g/mol. The fraction of sp³-hybridized carbons (Fsp3) is 1.00. The van der Waals surface area contributed by atoms with E-state index in [9.17, 15) is 0 Å². The van der Waals surface area contributed by atoms with Gasteiger partial charge in [-0.2, -0.15) is 0 Å². The molecule has 8 heavy (non-hydrogen) atoms. The summed E-state index contributed by atoms with van der Waals surface area (Å²) in [6.45, 7) is 0.946. The van der Waals surface area contributed by atoms with Gasteiger partial charge < -0.3 is 4.74 Å². The zero-order chi connectivity index (χ0) is 5.82. The Morgan fingerprint density at radius 3 is 3.00 bits per heavy atom. The van der Waals surface area contributed by atoms with Crippen molar-refractivity contribution < 1.29 is 4.74 Å². The zero-order valence-corrected chi connectivity index (χ0v) is 5.66. The lowest BCUT2D eigenvalue weighted by molar-refractivity contribution is 0.109. The van der Waals surface area contributed by atoms with E-state index in [-0.39, 0.29) is 0 Å². The predicted molar refractivity (Wildman–Crippen MR) is 34.3 cm³/mol. The first-order valence-electron chi connectivity index (χ1n) is 3.11. The van der Waals surface area contributed by atoms with Gasteiger partial charge in [0.2, 0.25) is 0 Å². The van der Waals surface area contributed by atoms with Crippen LogP contribution in [0.4, 0.5) is 0 Å². The lowest BCUT2D eigenvalue weighted by Crippen LogP contribution is -2.04. The first-order valence-corrected chi connectivity index (χ1v) is 3.64. The lowest BCUT2D eigenvalue weighted by atomic mass is 10.2. The molecule has 0 radical (unpaired) electrons. The zero-order valence-electron chi connectivity index (χ0n) is 4.90. The van der Waals surface area contributed by atoms with Crippen LogP contribution in [0, 0.1) is 0 Å². The Hall–Kier alpha value is 0.250. The van der Waals surface area contributed by atoms with Gasteiger partial charge in [0.1, 0.15) is 0 Å². The number of alkyl halides is 1. The van der Waals surface area contributed by atoms with E-state index in [0.29, 0.717) is 6.10 Å². The molecule has 0 spiro atoms. The van der Waals surface area contributed by atoms with Gasteiger partial charge in [0.25, 0.3) is 0 Å². The molecule has 1 rings (SSSR count). The van der Waals surface area contributed by atoms with E-state index in [1.165, 1.54) is 12.8 Å². The van der Waals surface area contributed by atoms with Crippen molar-refractivity contribution >= 4 is 11.6 Å². The van der Waals surface area contributed by atoms with E-state index in [0.717, 1.165) is 18.9 Å². The minimum atomic E-state index is 0.479. The van der Waals surface area contributed by atoms with E-state index < -0.39 is 0 Å². The van der Waals surface area contributed by atoms with Crippen LogP contribution < -0.4 is 0 Å². The number of halogens is 1. The summed E-state index contributed by atoms with van der Waals surface area (Å²) in [5.41, 5.74) is 0. The third-order valence-electron chi connectivity index (χ3n) is 1.46. The molecule has 48 valence electrons. The molecular formula is C6H11ClO. The second kappa shape index (κ2) is 3.31. The van der Waals surface area contributed by atoms with Crippen LogP contribution in [0.5, 0.6) is 0 Å². The van der Waals surface area contributed by atoms with Crippen LogP contribution in [-0.4, -0.2) is 18.6 Å². The summed E-state index contributed by atoms with van der Waals surface area (Å²) >= 11 is 5.50. The van der Waals surface area contributed by atoms with E-state index in [4.69, 9.17) is 16.3 Å². The van der Waals surface area contributed by atoms with Crippen molar-refractivity contribution in [1.29, 1.82) is 0 Å². The Balaban J connectivity index is 2.06. The fourth-order valence-electron chi connectivity index (χ4n) is 0.994. The highest BCUT2D eigenvalue weighted by molar-refractivity contribution is 6.17. The molecule has 1 unspecified atom stereocenters. The van der Waals surface area contributed by atoms with Crippen molar-refractivity contribution in [2.24, 2.45) is 0 Å². The van der Waals surface area contributed by atoms with Gasteiger partial charge in [0, 0.05) is 12.5 Å². The molecule has 1 heterocycles. The summed E-state index contributed by atoms with van der Waals surface area (Å²) in [6.07, 6.45) is 3.95. The highest BCUT2D eigenvalue weighted by Gasteiger charge is 2.13. The van der Waals surface area contributed by atoms with Crippen LogP contribution in [0.3, 0.4) is 0 Å². The highest BCUT2D eigenvalue weighted by Crippen LogP contribution is 2.15. The van der Waals surface area contributed by atoms with Gasteiger partial charge >= 0.3 is 0 Å². The van der Waals surface area contributed by atoms with Gasteiger partial charge in [0.05, 0.1) is 6.10 Å². The first kappa shape index (κ1) is 6.37. The largest absolute Gasteiger partial charge is 0.378 e. The average Bonchev–Trinajstić information content (AvgIpc) is 2.19. The molecule has 1 saturated heterocycles. The lowest BCUT2D eigenvalue weighted by Gasteiger charge is -2.03. The summed E-state index contributed by atoms with van der Waals surface area (Å²) < 4.78 is 5.31. The molecule has 0 N–H and O–H groups in total. The second-order valence-corrected chi connectivity index (χ2v) is 2.49. The predicted octanol–water partition coefficient (Wildman–Crippen LogP) is 1.79. The normalized spacial score (nSPS) is 28.9. The molecule has 0 saturated carbocycles. The Morgan fingerprint density at radius 1 is 1.62 bits per heavy atom. The third kappa shape index (κ3) is 1.64. The standard InChI is InChI=1S/C6H11ClO/c7-4-3-6-2-1-5-8-6/h6H,1-5H2. The molecule has 1 fully saturated rings. The monoisotopic (exact) mass is 134 g/mol. The Morgan fingerprint density at radius 2 is 2.50 bits per heavy atom. The molecule has 0 aromatic heterocycles. The highest BCUT2D eigenvalue weighted by atomic mass is 35.5. The molecule has 1 atom stereocenters. The van der Waals surface area contributed by atoms with Crippen LogP contribution in [0.25, 0.3) is 0 Å². The van der Waals surface area contributed by atoms with E-state index in [1.807, 2.05) is 0 Å². The van der Waals surface area contributed by atoms with Gasteiger partial charge in [-0.15, -0.1) is 11.6 Å². The van der Waals surface area contributed by atoms with Crippen LogP contribution in [-0.2, 0) is 4.74 Å². The summed E-state index contributed by atoms with van der Waals surface area (Å²) in [5, 5.41) is 0. The summed E-state index contributed by atoms with van der Waals surface area (Å²) in [5.74, 6) is 0.741. The second-order valence-electron chi connectivity index (χ2n) is 2.11. The summed E-state index contributed by atoms with van der Waals surface area (Å²) in [6, 6.07) is 0. The van der Waals surface area contributed by atoms with Crippen LogP contribution >= 0.6 is 11.6 Å². The fourth-order valence-corrected chi connectivity index (χ4v) is 1.24. The minimum absolute atomic E-state index is 0.479. The summed E-state index contributed by atoms with van der Waals surface area (Å²) in [4.78, 5) is 0. The molecule has 0 aromatic carbocycles. The Bertz CT molecular complexity index is 59.5. The molecule has 0 amide bonds. The van der Waals surface area contributed by atoms with Gasteiger partial charge in [-0.1, -0.05) is 0 Å². The van der Waals surface area contributed by atoms with E-state index in [1.54, 1.807) is 0 Å². The van der Waals surface area contributed by atoms with Gasteiger partial charge in [-0.25, -0.2) is 0 Å². The number of ether oxygens (including phenoxy) is 1. The molecule has 1 aliphatic rings. The maximum absolute atomic E-state index is 5.50. The maximum atomic E-state index is 5.50. The quantitative estimate of drug-likeness (QED) is 0.524. The van der Waals surface area contributed by atoms with Crippen LogP contribution in [0.1, 0.15) is 19.3 Å².